The Morgan fingerprint density at radius 3 is 2.83 bits per heavy atom. The minimum Gasteiger partial charge on any atom is -0.339 e. The highest BCUT2D eigenvalue weighted by Crippen LogP contribution is 2.16. The summed E-state index contributed by atoms with van der Waals surface area (Å²) >= 11 is 1.27. The van der Waals surface area contributed by atoms with Gasteiger partial charge in [-0.15, -0.1) is 0 Å². The molecular formula is C6H9N3O2S. The summed E-state index contributed by atoms with van der Waals surface area (Å²) in [5.41, 5.74) is 0. The molecule has 1 heterocycles. The molecule has 1 aliphatic rings. The average molecular weight is 187 g/mol. The Labute approximate surface area is 74.2 Å². The average Bonchev–Trinajstić information content (AvgIpc) is 2.36. The highest BCUT2D eigenvalue weighted by Gasteiger charge is 2.24. The SMILES string of the molecule is CNC(=O)N=C1SCC(=O)N1C. The highest BCUT2D eigenvalue weighted by molar-refractivity contribution is 8.15. The van der Waals surface area contributed by atoms with E-state index in [0.29, 0.717) is 10.9 Å². The zero-order chi connectivity index (χ0) is 9.14. The number of hydrogen-bond donors (Lipinski definition) is 1. The predicted molar refractivity (Wildman–Crippen MR) is 47.1 cm³/mol. The number of urea groups is 1. The fraction of sp³-hybridized carbons (Fsp3) is 0.500. The monoisotopic (exact) mass is 187 g/mol. The van der Waals surface area contributed by atoms with E-state index in [2.05, 4.69) is 10.3 Å². The molecule has 0 radical (unpaired) electrons. The third-order valence-electron chi connectivity index (χ3n) is 1.40. The molecule has 0 unspecified atom stereocenters. The second-order valence-electron chi connectivity index (χ2n) is 2.19. The number of nitrogens with one attached hydrogen (secondary N) is 1. The van der Waals surface area contributed by atoms with Crippen molar-refractivity contribution in [3.05, 3.63) is 0 Å². The van der Waals surface area contributed by atoms with Crippen molar-refractivity contribution in [3.8, 4) is 0 Å². The lowest BCUT2D eigenvalue weighted by Crippen LogP contribution is -2.26. The first-order valence-corrected chi connectivity index (χ1v) is 4.33. The maximum absolute atomic E-state index is 10.9. The van der Waals surface area contributed by atoms with Crippen LogP contribution in [-0.4, -0.2) is 41.9 Å². The quantitative estimate of drug-likeness (QED) is 0.575. The fourth-order valence-corrected chi connectivity index (χ4v) is 1.57. The molecule has 0 aromatic carbocycles. The summed E-state index contributed by atoms with van der Waals surface area (Å²) in [6.45, 7) is 0. The molecule has 0 bridgehead atoms. The van der Waals surface area contributed by atoms with Gasteiger partial charge in [-0.2, -0.15) is 4.99 Å². The van der Waals surface area contributed by atoms with E-state index >= 15 is 0 Å². The first kappa shape index (κ1) is 9.05. The van der Waals surface area contributed by atoms with Crippen molar-refractivity contribution in [2.75, 3.05) is 19.8 Å². The van der Waals surface area contributed by atoms with Crippen LogP contribution < -0.4 is 5.32 Å². The Morgan fingerprint density at radius 2 is 2.42 bits per heavy atom. The molecule has 5 nitrogen and oxygen atoms in total. The van der Waals surface area contributed by atoms with Gasteiger partial charge in [0.2, 0.25) is 5.91 Å². The molecule has 1 fully saturated rings. The topological polar surface area (TPSA) is 61.8 Å². The number of aliphatic imine (C=N–C) groups is 1. The summed E-state index contributed by atoms with van der Waals surface area (Å²) in [5.74, 6) is 0.342. The molecule has 66 valence electrons. The molecule has 0 atom stereocenters. The molecule has 1 saturated heterocycles. The number of rotatable bonds is 0. The van der Waals surface area contributed by atoms with Crippen molar-refractivity contribution < 1.29 is 9.59 Å². The van der Waals surface area contributed by atoms with E-state index in [1.807, 2.05) is 0 Å². The van der Waals surface area contributed by atoms with Crippen molar-refractivity contribution in [2.45, 2.75) is 0 Å². The van der Waals surface area contributed by atoms with Crippen LogP contribution in [-0.2, 0) is 4.79 Å². The minimum absolute atomic E-state index is 0.0253. The standard InChI is InChI=1S/C6H9N3O2S/c1-7-5(11)8-6-9(2)4(10)3-12-6/h3H2,1-2H3,(H,7,11). The molecule has 3 amide bonds. The van der Waals surface area contributed by atoms with Gasteiger partial charge in [-0.1, -0.05) is 11.8 Å². The summed E-state index contributed by atoms with van der Waals surface area (Å²) in [4.78, 5) is 26.8. The van der Waals surface area contributed by atoms with Gasteiger partial charge in [0, 0.05) is 14.1 Å². The lowest BCUT2D eigenvalue weighted by molar-refractivity contribution is -0.123. The highest BCUT2D eigenvalue weighted by atomic mass is 32.2. The molecule has 0 aromatic heterocycles. The zero-order valence-corrected chi connectivity index (χ0v) is 7.64. The second-order valence-corrected chi connectivity index (χ2v) is 3.13. The Kier molecular flexibility index (Phi) is 2.69. The van der Waals surface area contributed by atoms with Gasteiger partial charge >= 0.3 is 6.03 Å². The lowest BCUT2D eigenvalue weighted by atomic mass is 10.6. The minimum atomic E-state index is -0.431. The van der Waals surface area contributed by atoms with Gasteiger partial charge in [-0.05, 0) is 0 Å². The van der Waals surface area contributed by atoms with Crippen molar-refractivity contribution in [2.24, 2.45) is 4.99 Å². The maximum Gasteiger partial charge on any atom is 0.343 e. The van der Waals surface area contributed by atoms with Crippen molar-refractivity contribution in [3.63, 3.8) is 0 Å². The van der Waals surface area contributed by atoms with E-state index in [-0.39, 0.29) is 5.91 Å². The molecule has 6 heteroatoms. The zero-order valence-electron chi connectivity index (χ0n) is 6.83. The third-order valence-corrected chi connectivity index (χ3v) is 2.41. The molecular weight excluding hydrogens is 178 g/mol. The van der Waals surface area contributed by atoms with E-state index in [4.69, 9.17) is 0 Å². The summed E-state index contributed by atoms with van der Waals surface area (Å²) in [5, 5.41) is 2.81. The van der Waals surface area contributed by atoms with E-state index < -0.39 is 6.03 Å². The van der Waals surface area contributed by atoms with Crippen LogP contribution in [0.25, 0.3) is 0 Å². The summed E-state index contributed by atoms with van der Waals surface area (Å²) in [6, 6.07) is -0.431. The maximum atomic E-state index is 10.9. The number of hydrogen-bond acceptors (Lipinski definition) is 3. The third kappa shape index (κ3) is 1.76. The molecule has 1 aliphatic heterocycles. The first-order valence-electron chi connectivity index (χ1n) is 3.35. The van der Waals surface area contributed by atoms with Gasteiger partial charge in [-0.3, -0.25) is 9.69 Å². The van der Waals surface area contributed by atoms with Gasteiger partial charge < -0.3 is 5.32 Å². The van der Waals surface area contributed by atoms with Gasteiger partial charge in [0.05, 0.1) is 5.75 Å². The van der Waals surface area contributed by atoms with Crippen LogP contribution in [0.15, 0.2) is 4.99 Å². The molecule has 12 heavy (non-hydrogen) atoms. The second kappa shape index (κ2) is 3.57. The number of amides is 3. The van der Waals surface area contributed by atoms with Crippen molar-refractivity contribution in [1.82, 2.24) is 10.2 Å². The Morgan fingerprint density at radius 1 is 1.75 bits per heavy atom. The van der Waals surface area contributed by atoms with E-state index in [0.717, 1.165) is 0 Å². The number of nitrogens with zero attached hydrogens (tertiary/aromatic N) is 2. The molecule has 0 spiro atoms. The fourth-order valence-electron chi connectivity index (χ4n) is 0.677. The largest absolute Gasteiger partial charge is 0.343 e. The van der Waals surface area contributed by atoms with Crippen LogP contribution in [0.5, 0.6) is 0 Å². The van der Waals surface area contributed by atoms with Gasteiger partial charge in [0.1, 0.15) is 0 Å². The number of carbonyl (C=O) groups is 2. The predicted octanol–water partition coefficient (Wildman–Crippen LogP) is -0.113. The summed E-state index contributed by atoms with van der Waals surface area (Å²) in [7, 11) is 3.10. The van der Waals surface area contributed by atoms with Crippen LogP contribution in [0.1, 0.15) is 0 Å². The van der Waals surface area contributed by atoms with Gasteiger partial charge in [0.15, 0.2) is 5.17 Å². The Bertz CT molecular complexity index is 251. The van der Waals surface area contributed by atoms with E-state index in [1.54, 1.807) is 7.05 Å². The summed E-state index contributed by atoms with van der Waals surface area (Å²) in [6.07, 6.45) is 0. The van der Waals surface area contributed by atoms with Crippen LogP contribution in [0.2, 0.25) is 0 Å². The molecule has 1 N–H and O–H groups in total. The van der Waals surface area contributed by atoms with Crippen LogP contribution >= 0.6 is 11.8 Å². The van der Waals surface area contributed by atoms with Crippen LogP contribution in [0.4, 0.5) is 4.79 Å². The van der Waals surface area contributed by atoms with E-state index in [1.165, 1.54) is 23.7 Å². The Hall–Kier alpha value is -1.04. The first-order chi connectivity index (χ1) is 5.65. The van der Waals surface area contributed by atoms with Gasteiger partial charge in [-0.25, -0.2) is 4.79 Å². The van der Waals surface area contributed by atoms with E-state index in [9.17, 15) is 9.59 Å². The van der Waals surface area contributed by atoms with Crippen LogP contribution in [0.3, 0.4) is 0 Å². The molecule has 1 rings (SSSR count). The number of thioether (sulfide) groups is 1. The molecule has 0 aliphatic carbocycles. The molecule has 0 saturated carbocycles. The van der Waals surface area contributed by atoms with Crippen molar-refractivity contribution >= 4 is 28.9 Å². The van der Waals surface area contributed by atoms with Gasteiger partial charge in [0.25, 0.3) is 0 Å². The Balaban J connectivity index is 2.70. The summed E-state index contributed by atoms with van der Waals surface area (Å²) < 4.78 is 0. The lowest BCUT2D eigenvalue weighted by Gasteiger charge is -2.06. The number of carbonyl (C=O) groups excluding carboxylic acids is 2. The normalized spacial score (nSPS) is 20.3. The van der Waals surface area contributed by atoms with Crippen LogP contribution in [0, 0.1) is 0 Å². The van der Waals surface area contributed by atoms with Crippen molar-refractivity contribution in [1.29, 1.82) is 0 Å². The molecule has 0 aromatic rings. The number of amidine groups is 1. The smallest absolute Gasteiger partial charge is 0.339 e.